The third-order valence-electron chi connectivity index (χ3n) is 3.29. The Labute approximate surface area is 123 Å². The molecule has 5 heteroatoms. The van der Waals surface area contributed by atoms with Gasteiger partial charge >= 0.3 is 11.7 Å². The predicted octanol–water partition coefficient (Wildman–Crippen LogP) is 2.64. The zero-order chi connectivity index (χ0) is 15.4. The molecule has 0 unspecified atom stereocenters. The number of esters is 1. The lowest BCUT2D eigenvalue weighted by atomic mass is 10.3. The summed E-state index contributed by atoms with van der Waals surface area (Å²) in [4.78, 5) is 23.8. The molecule has 1 aromatic carbocycles. The number of allylic oxidation sites excluding steroid dienone is 1. The van der Waals surface area contributed by atoms with Crippen LogP contribution in [0.4, 0.5) is 0 Å². The van der Waals surface area contributed by atoms with Gasteiger partial charge in [-0.3, -0.25) is 13.9 Å². The number of fused-ring (bicyclic) bond motifs is 1. The molecule has 0 bridgehead atoms. The van der Waals surface area contributed by atoms with E-state index in [1.54, 1.807) is 23.0 Å². The Morgan fingerprint density at radius 2 is 1.95 bits per heavy atom. The van der Waals surface area contributed by atoms with Crippen LogP contribution in [0.15, 0.2) is 35.6 Å². The van der Waals surface area contributed by atoms with E-state index in [-0.39, 0.29) is 11.7 Å². The fraction of sp³-hybridized carbons (Fsp3) is 0.375. The first-order valence-corrected chi connectivity index (χ1v) is 7.08. The van der Waals surface area contributed by atoms with Crippen LogP contribution >= 0.6 is 0 Å². The van der Waals surface area contributed by atoms with Crippen molar-refractivity contribution in [2.24, 2.45) is 0 Å². The lowest BCUT2D eigenvalue weighted by Gasteiger charge is -2.03. The van der Waals surface area contributed by atoms with Gasteiger partial charge in [0.2, 0.25) is 0 Å². The molecule has 21 heavy (non-hydrogen) atoms. The molecule has 2 aromatic rings. The van der Waals surface area contributed by atoms with Crippen LogP contribution in [0, 0.1) is 0 Å². The summed E-state index contributed by atoms with van der Waals surface area (Å²) in [6.45, 7) is 8.31. The van der Waals surface area contributed by atoms with Crippen molar-refractivity contribution in [2.45, 2.75) is 33.2 Å². The fourth-order valence-corrected chi connectivity index (χ4v) is 2.41. The molecule has 0 saturated carbocycles. The van der Waals surface area contributed by atoms with Gasteiger partial charge in [0, 0.05) is 18.7 Å². The number of imidazole rings is 1. The van der Waals surface area contributed by atoms with E-state index in [0.717, 1.165) is 11.0 Å². The average molecular weight is 288 g/mol. The largest absolute Gasteiger partial charge is 0.466 e. The van der Waals surface area contributed by atoms with Crippen molar-refractivity contribution in [3.63, 3.8) is 0 Å². The van der Waals surface area contributed by atoms with Gasteiger partial charge in [0.25, 0.3) is 0 Å². The molecule has 0 saturated heterocycles. The van der Waals surface area contributed by atoms with E-state index in [9.17, 15) is 9.59 Å². The molecule has 5 nitrogen and oxygen atoms in total. The Morgan fingerprint density at radius 1 is 1.29 bits per heavy atom. The van der Waals surface area contributed by atoms with Crippen LogP contribution in [0.2, 0.25) is 0 Å². The number of nitrogens with zero attached hydrogens (tertiary/aromatic N) is 2. The molecule has 2 rings (SSSR count). The van der Waals surface area contributed by atoms with E-state index in [1.165, 1.54) is 0 Å². The number of benzene rings is 1. The molecule has 0 fully saturated rings. The number of ether oxygens (including phenoxy) is 1. The number of hydrogen-bond acceptors (Lipinski definition) is 3. The summed E-state index contributed by atoms with van der Waals surface area (Å²) >= 11 is 0. The first-order valence-electron chi connectivity index (χ1n) is 7.08. The second kappa shape index (κ2) is 6.43. The molecular weight excluding hydrogens is 268 g/mol. The van der Waals surface area contributed by atoms with E-state index in [2.05, 4.69) is 6.58 Å². The van der Waals surface area contributed by atoms with Gasteiger partial charge in [0.05, 0.1) is 17.6 Å². The Bertz CT molecular complexity index is 725. The van der Waals surface area contributed by atoms with Gasteiger partial charge in [-0.25, -0.2) is 4.79 Å². The average Bonchev–Trinajstić information content (AvgIpc) is 2.72. The summed E-state index contributed by atoms with van der Waals surface area (Å²) in [6, 6.07) is 7.59. The van der Waals surface area contributed by atoms with Crippen LogP contribution in [0.1, 0.15) is 26.7 Å². The highest BCUT2D eigenvalue weighted by molar-refractivity contribution is 5.79. The normalized spacial score (nSPS) is 10.8. The molecule has 0 atom stereocenters. The SMILES string of the molecule is C=C(C)n1c(=O)n(CCCC(=O)OCC)c2ccccc21. The number of hydrogen-bond donors (Lipinski definition) is 0. The molecule has 112 valence electrons. The first kappa shape index (κ1) is 15.1. The molecule has 1 heterocycles. The summed E-state index contributed by atoms with van der Waals surface area (Å²) in [5, 5.41) is 0. The Morgan fingerprint density at radius 3 is 2.57 bits per heavy atom. The topological polar surface area (TPSA) is 53.2 Å². The maximum Gasteiger partial charge on any atom is 0.333 e. The predicted molar refractivity (Wildman–Crippen MR) is 83.1 cm³/mol. The summed E-state index contributed by atoms with van der Waals surface area (Å²) in [7, 11) is 0. The zero-order valence-electron chi connectivity index (χ0n) is 12.5. The monoisotopic (exact) mass is 288 g/mol. The first-order chi connectivity index (χ1) is 10.1. The molecule has 0 spiro atoms. The zero-order valence-corrected chi connectivity index (χ0v) is 12.5. The van der Waals surface area contributed by atoms with E-state index in [1.807, 2.05) is 24.3 Å². The van der Waals surface area contributed by atoms with Crippen LogP contribution in [0.3, 0.4) is 0 Å². The highest BCUT2D eigenvalue weighted by atomic mass is 16.5. The summed E-state index contributed by atoms with van der Waals surface area (Å²) < 4.78 is 8.18. The van der Waals surface area contributed by atoms with Crippen molar-refractivity contribution in [2.75, 3.05) is 6.61 Å². The maximum atomic E-state index is 12.5. The Balaban J connectivity index is 2.28. The standard InChI is InChI=1S/C16H20N2O3/c1-4-21-15(19)10-7-11-17-13-8-5-6-9-14(13)18(12(2)3)16(17)20/h5-6,8-9H,2,4,7,10-11H2,1,3H3. The number of rotatable bonds is 6. The highest BCUT2D eigenvalue weighted by Gasteiger charge is 2.13. The van der Waals surface area contributed by atoms with E-state index in [4.69, 9.17) is 4.74 Å². The molecule has 0 amide bonds. The van der Waals surface area contributed by atoms with Crippen LogP contribution in [0.25, 0.3) is 16.7 Å². The summed E-state index contributed by atoms with van der Waals surface area (Å²) in [5.74, 6) is -0.228. The number of carbonyl (C=O) groups is 1. The second-order valence-corrected chi connectivity index (χ2v) is 4.90. The minimum Gasteiger partial charge on any atom is -0.466 e. The van der Waals surface area contributed by atoms with Gasteiger partial charge in [-0.05, 0) is 32.4 Å². The van der Waals surface area contributed by atoms with Crippen LogP contribution in [0.5, 0.6) is 0 Å². The van der Waals surface area contributed by atoms with Gasteiger partial charge < -0.3 is 4.74 Å². The molecule has 0 radical (unpaired) electrons. The number of aromatic nitrogens is 2. The van der Waals surface area contributed by atoms with E-state index >= 15 is 0 Å². The third-order valence-corrected chi connectivity index (χ3v) is 3.29. The highest BCUT2D eigenvalue weighted by Crippen LogP contribution is 2.16. The molecule has 0 N–H and O–H groups in total. The quantitative estimate of drug-likeness (QED) is 0.768. The lowest BCUT2D eigenvalue weighted by molar-refractivity contribution is -0.143. The maximum absolute atomic E-state index is 12.5. The van der Waals surface area contributed by atoms with Crippen LogP contribution in [-0.4, -0.2) is 21.7 Å². The molecule has 0 aliphatic rings. The van der Waals surface area contributed by atoms with Crippen molar-refractivity contribution >= 4 is 22.7 Å². The number of aryl methyl sites for hydroxylation is 1. The van der Waals surface area contributed by atoms with Gasteiger partial charge in [-0.15, -0.1) is 0 Å². The summed E-state index contributed by atoms with van der Waals surface area (Å²) in [6.07, 6.45) is 0.885. The Kier molecular flexibility index (Phi) is 4.62. The minimum absolute atomic E-state index is 0.118. The van der Waals surface area contributed by atoms with Crippen molar-refractivity contribution in [1.29, 1.82) is 0 Å². The lowest BCUT2D eigenvalue weighted by Crippen LogP contribution is -2.23. The molecular formula is C16H20N2O3. The van der Waals surface area contributed by atoms with Gasteiger partial charge in [-0.2, -0.15) is 0 Å². The van der Waals surface area contributed by atoms with Gasteiger partial charge in [-0.1, -0.05) is 18.7 Å². The van der Waals surface area contributed by atoms with Crippen LogP contribution in [-0.2, 0) is 16.1 Å². The van der Waals surface area contributed by atoms with E-state index in [0.29, 0.717) is 31.7 Å². The Hall–Kier alpha value is -2.30. The van der Waals surface area contributed by atoms with Crippen molar-refractivity contribution < 1.29 is 9.53 Å². The van der Waals surface area contributed by atoms with Crippen molar-refractivity contribution in [3.8, 4) is 0 Å². The smallest absolute Gasteiger partial charge is 0.333 e. The summed E-state index contributed by atoms with van der Waals surface area (Å²) in [5.41, 5.74) is 2.26. The minimum atomic E-state index is -0.228. The van der Waals surface area contributed by atoms with Crippen molar-refractivity contribution in [3.05, 3.63) is 41.3 Å². The molecule has 0 aliphatic carbocycles. The van der Waals surface area contributed by atoms with Crippen LogP contribution < -0.4 is 5.69 Å². The molecule has 1 aromatic heterocycles. The van der Waals surface area contributed by atoms with Crippen molar-refractivity contribution in [1.82, 2.24) is 9.13 Å². The van der Waals surface area contributed by atoms with Gasteiger partial charge in [0.1, 0.15) is 0 Å². The van der Waals surface area contributed by atoms with Gasteiger partial charge in [0.15, 0.2) is 0 Å². The molecule has 0 aliphatic heterocycles. The van der Waals surface area contributed by atoms with E-state index < -0.39 is 0 Å². The second-order valence-electron chi connectivity index (χ2n) is 4.90. The number of para-hydroxylation sites is 2. The fourth-order valence-electron chi connectivity index (χ4n) is 2.41. The third kappa shape index (κ3) is 3.07. The number of carbonyl (C=O) groups excluding carboxylic acids is 1.